The average Bonchev–Trinajstić information content (AvgIpc) is 2.91. The van der Waals surface area contributed by atoms with Crippen molar-refractivity contribution in [3.05, 3.63) is 28.8 Å². The number of aryl methyl sites for hydroxylation is 1. The number of rotatable bonds is 3. The van der Waals surface area contributed by atoms with Crippen molar-refractivity contribution < 1.29 is 4.74 Å². The first-order valence-electron chi connectivity index (χ1n) is 6.67. The normalized spacial score (nSPS) is 21.7. The van der Waals surface area contributed by atoms with Crippen molar-refractivity contribution in [3.63, 3.8) is 0 Å². The molecule has 0 saturated carbocycles. The monoisotopic (exact) mass is 216 g/mol. The van der Waals surface area contributed by atoms with Gasteiger partial charge >= 0.3 is 0 Å². The van der Waals surface area contributed by atoms with E-state index in [4.69, 9.17) is 4.74 Å². The maximum Gasteiger partial charge on any atom is 0.122 e. The van der Waals surface area contributed by atoms with Crippen LogP contribution in [0.5, 0.6) is 5.75 Å². The molecule has 1 aromatic rings. The van der Waals surface area contributed by atoms with Gasteiger partial charge in [-0.05, 0) is 42.4 Å². The van der Waals surface area contributed by atoms with Crippen LogP contribution in [-0.2, 0) is 12.8 Å². The molecule has 0 N–H and O–H groups in total. The first-order valence-corrected chi connectivity index (χ1v) is 6.67. The smallest absolute Gasteiger partial charge is 0.122 e. The van der Waals surface area contributed by atoms with Crippen LogP contribution in [0.3, 0.4) is 0 Å². The van der Waals surface area contributed by atoms with Crippen LogP contribution >= 0.6 is 0 Å². The van der Waals surface area contributed by atoms with Gasteiger partial charge in [-0.3, -0.25) is 0 Å². The van der Waals surface area contributed by atoms with E-state index in [2.05, 4.69) is 19.1 Å². The van der Waals surface area contributed by atoms with Crippen LogP contribution in [0.25, 0.3) is 0 Å². The van der Waals surface area contributed by atoms with Crippen molar-refractivity contribution in [1.82, 2.24) is 0 Å². The van der Waals surface area contributed by atoms with E-state index >= 15 is 0 Å². The van der Waals surface area contributed by atoms with E-state index in [9.17, 15) is 0 Å². The summed E-state index contributed by atoms with van der Waals surface area (Å²) in [7, 11) is 0. The lowest BCUT2D eigenvalue weighted by Crippen LogP contribution is -1.98. The van der Waals surface area contributed by atoms with E-state index in [0.717, 1.165) is 18.9 Å². The molecule has 0 saturated heterocycles. The number of ether oxygens (including phenoxy) is 1. The Morgan fingerprint density at radius 2 is 2.25 bits per heavy atom. The Labute approximate surface area is 97.8 Å². The standard InChI is InChI=1S/C15H20O/c1-2-3-4-11-5-6-12-7-8-14-13(15(11)12)9-10-16-14/h7-8,11H,2-6,9-10H2,1H3. The molecule has 0 spiro atoms. The van der Waals surface area contributed by atoms with Gasteiger partial charge in [0.1, 0.15) is 5.75 Å². The van der Waals surface area contributed by atoms with Gasteiger partial charge in [0.25, 0.3) is 0 Å². The molecule has 1 heteroatoms. The third-order valence-electron chi connectivity index (χ3n) is 4.09. The third kappa shape index (κ3) is 1.53. The van der Waals surface area contributed by atoms with E-state index in [1.54, 1.807) is 11.1 Å². The van der Waals surface area contributed by atoms with Crippen LogP contribution in [-0.4, -0.2) is 6.61 Å². The summed E-state index contributed by atoms with van der Waals surface area (Å²) in [5.74, 6) is 1.99. The Morgan fingerprint density at radius 1 is 1.31 bits per heavy atom. The first-order chi connectivity index (χ1) is 7.90. The molecule has 1 atom stereocenters. The van der Waals surface area contributed by atoms with E-state index in [-0.39, 0.29) is 0 Å². The quantitative estimate of drug-likeness (QED) is 0.746. The van der Waals surface area contributed by atoms with E-state index in [1.807, 2.05) is 0 Å². The maximum atomic E-state index is 5.68. The molecule has 0 radical (unpaired) electrons. The van der Waals surface area contributed by atoms with Gasteiger partial charge in [-0.25, -0.2) is 0 Å². The predicted molar refractivity (Wildman–Crippen MR) is 66.2 cm³/mol. The third-order valence-corrected chi connectivity index (χ3v) is 4.09. The molecule has 1 aromatic carbocycles. The van der Waals surface area contributed by atoms with Crippen LogP contribution in [0, 0.1) is 0 Å². The fraction of sp³-hybridized carbons (Fsp3) is 0.600. The van der Waals surface area contributed by atoms with Gasteiger partial charge in [0, 0.05) is 12.0 Å². The summed E-state index contributed by atoms with van der Waals surface area (Å²) >= 11 is 0. The number of benzene rings is 1. The van der Waals surface area contributed by atoms with Gasteiger partial charge in [0.05, 0.1) is 6.61 Å². The summed E-state index contributed by atoms with van der Waals surface area (Å²) in [5, 5.41) is 0. The highest BCUT2D eigenvalue weighted by atomic mass is 16.5. The molecule has 0 fully saturated rings. The summed E-state index contributed by atoms with van der Waals surface area (Å²) in [6.45, 7) is 3.18. The molecular weight excluding hydrogens is 196 g/mol. The summed E-state index contributed by atoms with van der Waals surface area (Å²) < 4.78 is 5.68. The molecule has 1 aliphatic heterocycles. The highest BCUT2D eigenvalue weighted by Crippen LogP contribution is 2.43. The summed E-state index contributed by atoms with van der Waals surface area (Å²) in [6.07, 6.45) is 7.86. The van der Waals surface area contributed by atoms with Gasteiger partial charge in [-0.15, -0.1) is 0 Å². The van der Waals surface area contributed by atoms with Gasteiger partial charge in [0.2, 0.25) is 0 Å². The first kappa shape index (κ1) is 10.2. The molecule has 0 aromatic heterocycles. The Balaban J connectivity index is 1.94. The largest absolute Gasteiger partial charge is 0.493 e. The zero-order valence-electron chi connectivity index (χ0n) is 10.1. The second-order valence-corrected chi connectivity index (χ2v) is 5.09. The minimum Gasteiger partial charge on any atom is -0.493 e. The van der Waals surface area contributed by atoms with Crippen LogP contribution < -0.4 is 4.74 Å². The molecule has 1 nitrogen and oxygen atoms in total. The van der Waals surface area contributed by atoms with Gasteiger partial charge in [0.15, 0.2) is 0 Å². The van der Waals surface area contributed by atoms with Crippen molar-refractivity contribution in [2.75, 3.05) is 6.61 Å². The average molecular weight is 216 g/mol. The van der Waals surface area contributed by atoms with Crippen LogP contribution in [0.1, 0.15) is 55.2 Å². The predicted octanol–water partition coefficient (Wildman–Crippen LogP) is 3.84. The molecule has 1 aliphatic carbocycles. The van der Waals surface area contributed by atoms with E-state index in [0.29, 0.717) is 0 Å². The Morgan fingerprint density at radius 3 is 3.12 bits per heavy atom. The molecule has 0 bridgehead atoms. The molecule has 0 amide bonds. The number of fused-ring (bicyclic) bond motifs is 3. The van der Waals surface area contributed by atoms with E-state index in [1.165, 1.54) is 43.4 Å². The van der Waals surface area contributed by atoms with E-state index < -0.39 is 0 Å². The lowest BCUT2D eigenvalue weighted by Gasteiger charge is -2.14. The molecule has 2 aliphatic rings. The Bertz CT molecular complexity index is 395. The highest BCUT2D eigenvalue weighted by Gasteiger charge is 2.28. The fourth-order valence-electron chi connectivity index (χ4n) is 3.29. The summed E-state index contributed by atoms with van der Waals surface area (Å²) in [6, 6.07) is 4.48. The van der Waals surface area contributed by atoms with Crippen molar-refractivity contribution in [1.29, 1.82) is 0 Å². The van der Waals surface area contributed by atoms with Crippen molar-refractivity contribution in [2.45, 2.75) is 51.4 Å². The zero-order chi connectivity index (χ0) is 11.0. The molecule has 1 unspecified atom stereocenters. The molecule has 3 rings (SSSR count). The van der Waals surface area contributed by atoms with Gasteiger partial charge in [-0.1, -0.05) is 25.8 Å². The van der Waals surface area contributed by atoms with Crippen molar-refractivity contribution >= 4 is 0 Å². The molecule has 86 valence electrons. The van der Waals surface area contributed by atoms with Crippen LogP contribution in [0.4, 0.5) is 0 Å². The zero-order valence-corrected chi connectivity index (χ0v) is 10.1. The summed E-state index contributed by atoms with van der Waals surface area (Å²) in [4.78, 5) is 0. The minimum absolute atomic E-state index is 0.826. The van der Waals surface area contributed by atoms with Crippen molar-refractivity contribution in [3.8, 4) is 5.75 Å². The van der Waals surface area contributed by atoms with Crippen LogP contribution in [0.2, 0.25) is 0 Å². The topological polar surface area (TPSA) is 9.23 Å². The minimum atomic E-state index is 0.826. The Hall–Kier alpha value is -0.980. The molecule has 1 heterocycles. The van der Waals surface area contributed by atoms with Crippen LogP contribution in [0.15, 0.2) is 12.1 Å². The van der Waals surface area contributed by atoms with Gasteiger partial charge < -0.3 is 4.74 Å². The van der Waals surface area contributed by atoms with Crippen molar-refractivity contribution in [2.24, 2.45) is 0 Å². The fourth-order valence-corrected chi connectivity index (χ4v) is 3.29. The lowest BCUT2D eigenvalue weighted by atomic mass is 9.90. The number of hydrogen-bond acceptors (Lipinski definition) is 1. The number of hydrogen-bond donors (Lipinski definition) is 0. The Kier molecular flexibility index (Phi) is 2.62. The number of unbranched alkanes of at least 4 members (excludes halogenated alkanes) is 1. The summed E-state index contributed by atoms with van der Waals surface area (Å²) in [5.41, 5.74) is 4.81. The highest BCUT2D eigenvalue weighted by molar-refractivity contribution is 5.51. The lowest BCUT2D eigenvalue weighted by molar-refractivity contribution is 0.357. The second kappa shape index (κ2) is 4.12. The second-order valence-electron chi connectivity index (χ2n) is 5.09. The molecular formula is C15H20O. The van der Waals surface area contributed by atoms with Gasteiger partial charge in [-0.2, -0.15) is 0 Å². The SMILES string of the molecule is CCCCC1CCc2ccc3c(c21)CCO3. The molecule has 16 heavy (non-hydrogen) atoms. The maximum absolute atomic E-state index is 5.68.